The molecular formula is C19H16BrClFN3O. The van der Waals surface area contributed by atoms with Gasteiger partial charge in [0.1, 0.15) is 5.82 Å². The summed E-state index contributed by atoms with van der Waals surface area (Å²) in [6.07, 6.45) is 0. The molecular weight excluding hydrogens is 421 g/mol. The molecule has 1 heterocycles. The van der Waals surface area contributed by atoms with Crippen LogP contribution in [0.2, 0.25) is 5.02 Å². The van der Waals surface area contributed by atoms with Gasteiger partial charge in [-0.1, -0.05) is 27.5 Å². The second-order valence-corrected chi connectivity index (χ2v) is 7.31. The van der Waals surface area contributed by atoms with Gasteiger partial charge in [-0.3, -0.25) is 9.78 Å². The van der Waals surface area contributed by atoms with Crippen molar-refractivity contribution in [2.24, 2.45) is 5.73 Å². The van der Waals surface area contributed by atoms with Crippen molar-refractivity contribution < 1.29 is 9.18 Å². The number of hydrogen-bond acceptors (Lipinski definition) is 3. The van der Waals surface area contributed by atoms with Crippen LogP contribution >= 0.6 is 27.5 Å². The summed E-state index contributed by atoms with van der Waals surface area (Å²) in [5.74, 6) is -1.03. The maximum Gasteiger partial charge on any atom is 0.248 e. The Bertz CT molecular complexity index is 1030. The fraction of sp³-hybridized carbons (Fsp3) is 0.158. The Morgan fingerprint density at radius 3 is 2.73 bits per heavy atom. The highest BCUT2D eigenvalue weighted by Crippen LogP contribution is 2.36. The fourth-order valence-corrected chi connectivity index (χ4v) is 3.36. The normalized spacial score (nSPS) is 12.2. The minimum absolute atomic E-state index is 0.250. The highest BCUT2D eigenvalue weighted by atomic mass is 79.9. The molecule has 134 valence electrons. The van der Waals surface area contributed by atoms with Gasteiger partial charge in [-0.2, -0.15) is 0 Å². The van der Waals surface area contributed by atoms with Crippen LogP contribution in [-0.4, -0.2) is 10.9 Å². The molecule has 0 spiro atoms. The molecule has 0 aliphatic carbocycles. The average Bonchev–Trinajstić information content (AvgIpc) is 2.59. The number of aryl methyl sites for hydroxylation is 1. The van der Waals surface area contributed by atoms with Crippen molar-refractivity contribution in [3.63, 3.8) is 0 Å². The monoisotopic (exact) mass is 435 g/mol. The zero-order chi connectivity index (χ0) is 19.0. The van der Waals surface area contributed by atoms with Gasteiger partial charge < -0.3 is 11.1 Å². The lowest BCUT2D eigenvalue weighted by atomic mass is 10.0. The van der Waals surface area contributed by atoms with E-state index < -0.39 is 17.8 Å². The van der Waals surface area contributed by atoms with E-state index in [0.29, 0.717) is 22.0 Å². The number of carbonyl (C=O) groups is 1. The van der Waals surface area contributed by atoms with Crippen molar-refractivity contribution in [3.8, 4) is 0 Å². The highest BCUT2D eigenvalue weighted by molar-refractivity contribution is 9.10. The first-order valence-electron chi connectivity index (χ1n) is 7.89. The summed E-state index contributed by atoms with van der Waals surface area (Å²) in [5, 5.41) is 4.54. The van der Waals surface area contributed by atoms with E-state index in [1.807, 2.05) is 25.1 Å². The molecule has 0 fully saturated rings. The molecule has 3 aromatic rings. The van der Waals surface area contributed by atoms with E-state index in [2.05, 4.69) is 26.2 Å². The summed E-state index contributed by atoms with van der Waals surface area (Å²) in [5.41, 5.74) is 7.98. The number of fused-ring (bicyclic) bond motifs is 1. The molecule has 1 aromatic heterocycles. The number of nitrogens with one attached hydrogen (secondary N) is 1. The Hall–Kier alpha value is -2.18. The minimum atomic E-state index is -0.606. The molecule has 0 unspecified atom stereocenters. The Balaban J connectivity index is 2.09. The smallest absolute Gasteiger partial charge is 0.248 e. The Morgan fingerprint density at radius 2 is 2.04 bits per heavy atom. The lowest BCUT2D eigenvalue weighted by Crippen LogP contribution is -2.14. The molecule has 0 bridgehead atoms. The Morgan fingerprint density at radius 1 is 1.31 bits per heavy atom. The van der Waals surface area contributed by atoms with Crippen molar-refractivity contribution in [3.05, 3.63) is 68.5 Å². The third kappa shape index (κ3) is 3.52. The summed E-state index contributed by atoms with van der Waals surface area (Å²) in [7, 11) is 0. The molecule has 7 heteroatoms. The van der Waals surface area contributed by atoms with Crippen LogP contribution in [-0.2, 0) is 0 Å². The van der Waals surface area contributed by atoms with Gasteiger partial charge in [-0.25, -0.2) is 4.39 Å². The molecule has 1 atom stereocenters. The van der Waals surface area contributed by atoms with Crippen molar-refractivity contribution in [2.75, 3.05) is 5.32 Å². The predicted molar refractivity (Wildman–Crippen MR) is 106 cm³/mol. The number of primary amides is 1. The molecule has 2 aromatic carbocycles. The van der Waals surface area contributed by atoms with Crippen LogP contribution in [0.5, 0.6) is 0 Å². The summed E-state index contributed by atoms with van der Waals surface area (Å²) in [6.45, 7) is 3.60. The van der Waals surface area contributed by atoms with E-state index in [1.165, 1.54) is 18.2 Å². The van der Waals surface area contributed by atoms with E-state index in [4.69, 9.17) is 17.3 Å². The number of benzene rings is 2. The number of nitrogens with two attached hydrogens (primary N) is 1. The van der Waals surface area contributed by atoms with Gasteiger partial charge in [0.2, 0.25) is 5.91 Å². The standard InChI is InChI=1S/C19H16BrClFN3O/c1-9(13-7-11(19(23)26)3-5-15(13)22)25-18-14-8-12(20)4-6-16(14)24-10(2)17(18)21/h3-9H,1-2H3,(H2,23,26)(H,24,25)/t9-/m1/s1. The van der Waals surface area contributed by atoms with Crippen LogP contribution < -0.4 is 11.1 Å². The first kappa shape index (κ1) is 18.6. The number of anilines is 1. The molecule has 3 rings (SSSR count). The number of aromatic nitrogens is 1. The maximum atomic E-state index is 14.3. The topological polar surface area (TPSA) is 68.0 Å². The van der Waals surface area contributed by atoms with Crippen LogP contribution in [0, 0.1) is 12.7 Å². The summed E-state index contributed by atoms with van der Waals surface area (Å²) in [6, 6.07) is 9.29. The summed E-state index contributed by atoms with van der Waals surface area (Å²) in [4.78, 5) is 15.9. The van der Waals surface area contributed by atoms with Crippen LogP contribution in [0.25, 0.3) is 10.9 Å². The molecule has 26 heavy (non-hydrogen) atoms. The molecule has 4 nitrogen and oxygen atoms in total. The van der Waals surface area contributed by atoms with E-state index >= 15 is 0 Å². The zero-order valence-corrected chi connectivity index (χ0v) is 16.5. The van der Waals surface area contributed by atoms with Crippen molar-refractivity contribution >= 4 is 50.0 Å². The first-order chi connectivity index (χ1) is 12.3. The van der Waals surface area contributed by atoms with Crippen LogP contribution in [0.4, 0.5) is 10.1 Å². The van der Waals surface area contributed by atoms with E-state index in [-0.39, 0.29) is 5.56 Å². The molecule has 0 radical (unpaired) electrons. The molecule has 0 aliphatic heterocycles. The van der Waals surface area contributed by atoms with Gasteiger partial charge in [0.15, 0.2) is 0 Å². The molecule has 0 aliphatic rings. The van der Waals surface area contributed by atoms with Crippen LogP contribution in [0.1, 0.15) is 34.6 Å². The van der Waals surface area contributed by atoms with Crippen molar-refractivity contribution in [1.29, 1.82) is 0 Å². The van der Waals surface area contributed by atoms with E-state index in [1.54, 1.807) is 6.92 Å². The number of carbonyl (C=O) groups excluding carboxylic acids is 1. The van der Waals surface area contributed by atoms with Crippen molar-refractivity contribution in [1.82, 2.24) is 4.98 Å². The average molecular weight is 437 g/mol. The fourth-order valence-electron chi connectivity index (χ4n) is 2.80. The van der Waals surface area contributed by atoms with Gasteiger partial charge in [0.25, 0.3) is 0 Å². The highest BCUT2D eigenvalue weighted by Gasteiger charge is 2.18. The lowest BCUT2D eigenvalue weighted by molar-refractivity contribution is 0.1000. The summed E-state index contributed by atoms with van der Waals surface area (Å²) >= 11 is 9.92. The number of hydrogen-bond donors (Lipinski definition) is 2. The van der Waals surface area contributed by atoms with Gasteiger partial charge in [-0.05, 0) is 50.2 Å². The van der Waals surface area contributed by atoms with Gasteiger partial charge in [0.05, 0.1) is 28.0 Å². The quantitative estimate of drug-likeness (QED) is 0.578. The molecule has 0 saturated carbocycles. The second-order valence-electron chi connectivity index (χ2n) is 6.01. The largest absolute Gasteiger partial charge is 0.377 e. The lowest BCUT2D eigenvalue weighted by Gasteiger charge is -2.20. The zero-order valence-electron chi connectivity index (χ0n) is 14.1. The maximum absolute atomic E-state index is 14.3. The third-order valence-corrected chi connectivity index (χ3v) is 5.12. The Kier molecular flexibility index (Phi) is 5.16. The van der Waals surface area contributed by atoms with E-state index in [9.17, 15) is 9.18 Å². The molecule has 1 amide bonds. The molecule has 0 saturated heterocycles. The van der Waals surface area contributed by atoms with Gasteiger partial charge in [0, 0.05) is 21.0 Å². The van der Waals surface area contributed by atoms with Crippen molar-refractivity contribution in [2.45, 2.75) is 19.9 Å². The predicted octanol–water partition coefficient (Wildman–Crippen LogP) is 5.37. The van der Waals surface area contributed by atoms with Gasteiger partial charge in [-0.15, -0.1) is 0 Å². The second kappa shape index (κ2) is 7.21. The molecule has 3 N–H and O–H groups in total. The number of nitrogens with zero attached hydrogens (tertiary/aromatic N) is 1. The van der Waals surface area contributed by atoms with Crippen LogP contribution in [0.15, 0.2) is 40.9 Å². The van der Waals surface area contributed by atoms with E-state index in [0.717, 1.165) is 15.4 Å². The van der Waals surface area contributed by atoms with Gasteiger partial charge >= 0.3 is 0 Å². The van der Waals surface area contributed by atoms with Crippen LogP contribution in [0.3, 0.4) is 0 Å². The number of rotatable bonds is 4. The summed E-state index contributed by atoms with van der Waals surface area (Å²) < 4.78 is 15.2. The third-order valence-electron chi connectivity index (χ3n) is 4.16. The Labute approximate surface area is 163 Å². The first-order valence-corrected chi connectivity index (χ1v) is 9.06. The number of amides is 1. The number of pyridine rings is 1. The minimum Gasteiger partial charge on any atom is -0.377 e. The number of halogens is 3. The SMILES string of the molecule is Cc1nc2ccc(Br)cc2c(N[C@H](C)c2cc(C(N)=O)ccc2F)c1Cl.